The summed E-state index contributed by atoms with van der Waals surface area (Å²) in [6.07, 6.45) is -0.535. The molecule has 2 aromatic carbocycles. The van der Waals surface area contributed by atoms with Crippen molar-refractivity contribution in [1.29, 1.82) is 0 Å². The molecule has 2 aromatic rings. The lowest BCUT2D eigenvalue weighted by Gasteiger charge is -2.16. The molecule has 1 atom stereocenters. The average molecular weight is 412 g/mol. The fourth-order valence-corrected chi connectivity index (χ4v) is 3.80. The fraction of sp³-hybridized carbons (Fsp3) is 0.350. The quantitative estimate of drug-likeness (QED) is 0.588. The Labute approximate surface area is 169 Å². The number of nitrogens with one attached hydrogen (secondary N) is 1. The van der Waals surface area contributed by atoms with Crippen molar-refractivity contribution < 1.29 is 9.53 Å². The first-order valence-electron chi connectivity index (χ1n) is 8.40. The summed E-state index contributed by atoms with van der Waals surface area (Å²) in [4.78, 5) is 12.2. The zero-order valence-electron chi connectivity index (χ0n) is 15.1. The molecule has 0 bridgehead atoms. The third-order valence-electron chi connectivity index (χ3n) is 3.82. The van der Waals surface area contributed by atoms with Crippen molar-refractivity contribution in [3.05, 3.63) is 63.1 Å². The van der Waals surface area contributed by atoms with Crippen LogP contribution in [0.25, 0.3) is 0 Å². The standard InChI is InChI=1S/C20H23Cl2NO2S/c1-13-4-7-19(14(2)10-13)25-15(3)20(24)23-8-9-26-12-16-5-6-17(21)11-18(16)22/h4-7,10-11,15H,8-9,12H2,1-3H3,(H,23,24)/t15-/m0/s1. The van der Waals surface area contributed by atoms with Gasteiger partial charge in [-0.25, -0.2) is 0 Å². The maximum Gasteiger partial charge on any atom is 0.260 e. The first-order valence-corrected chi connectivity index (χ1v) is 10.3. The van der Waals surface area contributed by atoms with Crippen LogP contribution in [0.5, 0.6) is 5.75 Å². The van der Waals surface area contributed by atoms with Gasteiger partial charge in [-0.15, -0.1) is 0 Å². The SMILES string of the molecule is Cc1ccc(O[C@@H](C)C(=O)NCCSCc2ccc(Cl)cc2Cl)c(C)c1. The second kappa shape index (κ2) is 10.1. The van der Waals surface area contributed by atoms with Gasteiger partial charge in [0.2, 0.25) is 0 Å². The van der Waals surface area contributed by atoms with E-state index in [1.165, 1.54) is 5.56 Å². The van der Waals surface area contributed by atoms with Crippen molar-refractivity contribution in [3.8, 4) is 5.75 Å². The molecule has 0 unspecified atom stereocenters. The lowest BCUT2D eigenvalue weighted by molar-refractivity contribution is -0.127. The van der Waals surface area contributed by atoms with E-state index < -0.39 is 6.10 Å². The summed E-state index contributed by atoms with van der Waals surface area (Å²) in [7, 11) is 0. The molecule has 1 amide bonds. The van der Waals surface area contributed by atoms with Gasteiger partial charge in [-0.05, 0) is 50.1 Å². The molecule has 2 rings (SSSR count). The highest BCUT2D eigenvalue weighted by molar-refractivity contribution is 7.98. The van der Waals surface area contributed by atoms with E-state index in [1.807, 2.05) is 44.2 Å². The number of thioether (sulfide) groups is 1. The molecule has 0 spiro atoms. The van der Waals surface area contributed by atoms with Crippen LogP contribution in [0.1, 0.15) is 23.6 Å². The van der Waals surface area contributed by atoms with E-state index in [-0.39, 0.29) is 5.91 Å². The molecule has 0 aromatic heterocycles. The molecule has 0 aliphatic carbocycles. The van der Waals surface area contributed by atoms with Gasteiger partial charge in [0.25, 0.3) is 5.91 Å². The van der Waals surface area contributed by atoms with Crippen LogP contribution in [0, 0.1) is 13.8 Å². The third kappa shape index (κ3) is 6.42. The fourth-order valence-electron chi connectivity index (χ4n) is 2.39. The molecule has 3 nitrogen and oxygen atoms in total. The summed E-state index contributed by atoms with van der Waals surface area (Å²) < 4.78 is 5.77. The van der Waals surface area contributed by atoms with Crippen LogP contribution in [0.4, 0.5) is 0 Å². The van der Waals surface area contributed by atoms with Gasteiger partial charge in [-0.3, -0.25) is 4.79 Å². The first kappa shape index (κ1) is 20.9. The number of carbonyl (C=O) groups excluding carboxylic acids is 1. The highest BCUT2D eigenvalue weighted by atomic mass is 35.5. The van der Waals surface area contributed by atoms with E-state index in [0.29, 0.717) is 16.6 Å². The van der Waals surface area contributed by atoms with Crippen molar-refractivity contribution in [2.24, 2.45) is 0 Å². The van der Waals surface area contributed by atoms with Crippen LogP contribution in [0.3, 0.4) is 0 Å². The van der Waals surface area contributed by atoms with Crippen LogP contribution in [-0.2, 0) is 10.5 Å². The van der Waals surface area contributed by atoms with Crippen molar-refractivity contribution in [2.45, 2.75) is 32.6 Å². The minimum Gasteiger partial charge on any atom is -0.481 e. The summed E-state index contributed by atoms with van der Waals surface area (Å²) in [5.74, 6) is 2.20. The number of halogens is 2. The van der Waals surface area contributed by atoms with Crippen LogP contribution in [0.15, 0.2) is 36.4 Å². The lowest BCUT2D eigenvalue weighted by atomic mass is 10.1. The molecule has 0 aliphatic heterocycles. The van der Waals surface area contributed by atoms with E-state index in [2.05, 4.69) is 5.32 Å². The largest absolute Gasteiger partial charge is 0.481 e. The molecule has 0 fully saturated rings. The van der Waals surface area contributed by atoms with E-state index in [0.717, 1.165) is 28.4 Å². The number of carbonyl (C=O) groups is 1. The monoisotopic (exact) mass is 411 g/mol. The highest BCUT2D eigenvalue weighted by Gasteiger charge is 2.15. The zero-order valence-corrected chi connectivity index (χ0v) is 17.5. The third-order valence-corrected chi connectivity index (χ3v) is 5.42. The van der Waals surface area contributed by atoms with Crippen molar-refractivity contribution in [1.82, 2.24) is 5.32 Å². The van der Waals surface area contributed by atoms with E-state index in [9.17, 15) is 4.79 Å². The topological polar surface area (TPSA) is 38.3 Å². The molecular formula is C20H23Cl2NO2S. The second-order valence-corrected chi connectivity index (χ2v) is 8.06. The van der Waals surface area contributed by atoms with Gasteiger partial charge >= 0.3 is 0 Å². The second-order valence-electron chi connectivity index (χ2n) is 6.11. The minimum absolute atomic E-state index is 0.116. The molecule has 0 radical (unpaired) electrons. The van der Waals surface area contributed by atoms with Gasteiger partial charge in [0.05, 0.1) is 0 Å². The number of ether oxygens (including phenoxy) is 1. The minimum atomic E-state index is -0.535. The Balaban J connectivity index is 1.71. The van der Waals surface area contributed by atoms with Crippen LogP contribution < -0.4 is 10.1 Å². The number of rotatable bonds is 8. The molecule has 0 heterocycles. The number of benzene rings is 2. The van der Waals surface area contributed by atoms with Gasteiger partial charge in [0.15, 0.2) is 6.10 Å². The predicted octanol–water partition coefficient (Wildman–Crippen LogP) is 5.43. The molecule has 26 heavy (non-hydrogen) atoms. The molecule has 140 valence electrons. The van der Waals surface area contributed by atoms with Gasteiger partial charge < -0.3 is 10.1 Å². The molecule has 0 saturated heterocycles. The summed E-state index contributed by atoms with van der Waals surface area (Å²) in [6.45, 7) is 6.35. The Morgan fingerprint density at radius 1 is 1.19 bits per heavy atom. The number of amides is 1. The van der Waals surface area contributed by atoms with E-state index in [4.69, 9.17) is 27.9 Å². The van der Waals surface area contributed by atoms with Crippen molar-refractivity contribution in [2.75, 3.05) is 12.3 Å². The maximum absolute atomic E-state index is 12.2. The number of hydrogen-bond donors (Lipinski definition) is 1. The Morgan fingerprint density at radius 2 is 1.96 bits per heavy atom. The normalized spacial score (nSPS) is 11.9. The Hall–Kier alpha value is -1.36. The van der Waals surface area contributed by atoms with Gasteiger partial charge in [-0.1, -0.05) is 47.0 Å². The molecule has 6 heteroatoms. The van der Waals surface area contributed by atoms with Crippen molar-refractivity contribution >= 4 is 40.9 Å². The van der Waals surface area contributed by atoms with Crippen LogP contribution in [0.2, 0.25) is 10.0 Å². The van der Waals surface area contributed by atoms with Crippen LogP contribution in [-0.4, -0.2) is 24.3 Å². The van der Waals surface area contributed by atoms with Gasteiger partial charge in [-0.2, -0.15) is 11.8 Å². The highest BCUT2D eigenvalue weighted by Crippen LogP contribution is 2.24. The Kier molecular flexibility index (Phi) is 8.14. The van der Waals surface area contributed by atoms with E-state index in [1.54, 1.807) is 24.8 Å². The molecular weight excluding hydrogens is 389 g/mol. The smallest absolute Gasteiger partial charge is 0.260 e. The number of aryl methyl sites for hydroxylation is 2. The predicted molar refractivity (Wildman–Crippen MR) is 112 cm³/mol. The summed E-state index contributed by atoms with van der Waals surface area (Å²) in [5, 5.41) is 4.21. The Bertz CT molecular complexity index is 767. The summed E-state index contributed by atoms with van der Waals surface area (Å²) in [5.41, 5.74) is 3.24. The van der Waals surface area contributed by atoms with Crippen LogP contribution >= 0.6 is 35.0 Å². The van der Waals surface area contributed by atoms with Gasteiger partial charge in [0.1, 0.15) is 5.75 Å². The zero-order chi connectivity index (χ0) is 19.1. The summed E-state index contributed by atoms with van der Waals surface area (Å²) in [6, 6.07) is 11.4. The number of hydrogen-bond acceptors (Lipinski definition) is 3. The maximum atomic E-state index is 12.2. The van der Waals surface area contributed by atoms with Gasteiger partial charge in [0, 0.05) is 28.1 Å². The Morgan fingerprint density at radius 3 is 2.65 bits per heavy atom. The molecule has 0 aliphatic rings. The lowest BCUT2D eigenvalue weighted by Crippen LogP contribution is -2.37. The molecule has 0 saturated carbocycles. The molecule has 1 N–H and O–H groups in total. The van der Waals surface area contributed by atoms with Crippen molar-refractivity contribution in [3.63, 3.8) is 0 Å². The average Bonchev–Trinajstić information content (AvgIpc) is 2.58. The first-order chi connectivity index (χ1) is 12.4. The summed E-state index contributed by atoms with van der Waals surface area (Å²) >= 11 is 13.7. The van der Waals surface area contributed by atoms with E-state index >= 15 is 0 Å².